The van der Waals surface area contributed by atoms with E-state index in [2.05, 4.69) is 49.8 Å². The standard InChI is InChI=1S/C15H29N3O/c1-6-7-8-9-18(13(4)5)15-17-14(11-19-15)10-16-12(2)3/h11-13,16H,6-10H2,1-5H3. The third-order valence-corrected chi connectivity index (χ3v) is 3.10. The third kappa shape index (κ3) is 5.64. The number of oxazole rings is 1. The highest BCUT2D eigenvalue weighted by Crippen LogP contribution is 2.17. The van der Waals surface area contributed by atoms with Gasteiger partial charge in [0.2, 0.25) is 0 Å². The van der Waals surface area contributed by atoms with Crippen molar-refractivity contribution < 1.29 is 4.42 Å². The molecule has 0 radical (unpaired) electrons. The highest BCUT2D eigenvalue weighted by atomic mass is 16.4. The monoisotopic (exact) mass is 267 g/mol. The van der Waals surface area contributed by atoms with Gasteiger partial charge in [0, 0.05) is 25.2 Å². The highest BCUT2D eigenvalue weighted by Gasteiger charge is 2.15. The summed E-state index contributed by atoms with van der Waals surface area (Å²) in [5.41, 5.74) is 0.977. The van der Waals surface area contributed by atoms with E-state index in [1.807, 2.05) is 0 Å². The Balaban J connectivity index is 2.58. The number of aromatic nitrogens is 1. The summed E-state index contributed by atoms with van der Waals surface area (Å²) in [6.45, 7) is 12.6. The maximum Gasteiger partial charge on any atom is 0.297 e. The molecule has 1 N–H and O–H groups in total. The van der Waals surface area contributed by atoms with Gasteiger partial charge in [-0.3, -0.25) is 0 Å². The summed E-state index contributed by atoms with van der Waals surface area (Å²) in [4.78, 5) is 6.82. The van der Waals surface area contributed by atoms with Crippen LogP contribution >= 0.6 is 0 Å². The van der Waals surface area contributed by atoms with E-state index in [1.54, 1.807) is 6.26 Å². The molecule has 110 valence electrons. The molecule has 1 aromatic rings. The number of anilines is 1. The van der Waals surface area contributed by atoms with Gasteiger partial charge in [-0.25, -0.2) is 0 Å². The van der Waals surface area contributed by atoms with Gasteiger partial charge in [-0.05, 0) is 20.3 Å². The van der Waals surface area contributed by atoms with Gasteiger partial charge in [-0.15, -0.1) is 0 Å². The Morgan fingerprint density at radius 3 is 2.58 bits per heavy atom. The number of hydrogen-bond acceptors (Lipinski definition) is 4. The second-order valence-corrected chi connectivity index (χ2v) is 5.65. The minimum atomic E-state index is 0.418. The number of nitrogens with zero attached hydrogens (tertiary/aromatic N) is 2. The van der Waals surface area contributed by atoms with Gasteiger partial charge in [-0.2, -0.15) is 4.98 Å². The van der Waals surface area contributed by atoms with E-state index < -0.39 is 0 Å². The van der Waals surface area contributed by atoms with Gasteiger partial charge in [0.05, 0.1) is 5.69 Å². The largest absolute Gasteiger partial charge is 0.432 e. The Hall–Kier alpha value is -1.03. The molecule has 0 saturated heterocycles. The molecule has 1 aromatic heterocycles. The van der Waals surface area contributed by atoms with Gasteiger partial charge < -0.3 is 14.6 Å². The fraction of sp³-hybridized carbons (Fsp3) is 0.800. The molecule has 0 amide bonds. The first-order valence-electron chi connectivity index (χ1n) is 7.49. The fourth-order valence-corrected chi connectivity index (χ4v) is 1.92. The lowest BCUT2D eigenvalue weighted by atomic mass is 10.2. The molecule has 0 aliphatic carbocycles. The van der Waals surface area contributed by atoms with Crippen LogP contribution in [0.15, 0.2) is 10.7 Å². The van der Waals surface area contributed by atoms with E-state index in [0.29, 0.717) is 12.1 Å². The second-order valence-electron chi connectivity index (χ2n) is 5.65. The van der Waals surface area contributed by atoms with Crippen molar-refractivity contribution >= 4 is 6.01 Å². The number of hydrogen-bond donors (Lipinski definition) is 1. The van der Waals surface area contributed by atoms with E-state index in [-0.39, 0.29) is 0 Å². The molecule has 4 nitrogen and oxygen atoms in total. The zero-order chi connectivity index (χ0) is 14.3. The first-order valence-corrected chi connectivity index (χ1v) is 7.49. The van der Waals surface area contributed by atoms with Crippen molar-refractivity contribution in [1.29, 1.82) is 0 Å². The molecule has 0 aliphatic heterocycles. The maximum absolute atomic E-state index is 5.63. The third-order valence-electron chi connectivity index (χ3n) is 3.10. The summed E-state index contributed by atoms with van der Waals surface area (Å²) in [7, 11) is 0. The van der Waals surface area contributed by atoms with Gasteiger partial charge in [-0.1, -0.05) is 33.6 Å². The Morgan fingerprint density at radius 2 is 2.00 bits per heavy atom. The summed E-state index contributed by atoms with van der Waals surface area (Å²) in [5, 5.41) is 3.35. The lowest BCUT2D eigenvalue weighted by molar-refractivity contribution is 0.501. The molecule has 1 rings (SSSR count). The lowest BCUT2D eigenvalue weighted by Crippen LogP contribution is -2.32. The molecule has 0 spiro atoms. The van der Waals surface area contributed by atoms with Crippen LogP contribution in [0.25, 0.3) is 0 Å². The minimum absolute atomic E-state index is 0.418. The van der Waals surface area contributed by atoms with Crippen LogP contribution in [0.2, 0.25) is 0 Å². The molecule has 19 heavy (non-hydrogen) atoms. The van der Waals surface area contributed by atoms with E-state index in [1.165, 1.54) is 19.3 Å². The molecule has 1 heterocycles. The fourth-order valence-electron chi connectivity index (χ4n) is 1.92. The normalized spacial score (nSPS) is 11.5. The van der Waals surface area contributed by atoms with Crippen LogP contribution in [-0.2, 0) is 6.54 Å². The van der Waals surface area contributed by atoms with Crippen LogP contribution < -0.4 is 10.2 Å². The number of nitrogens with one attached hydrogen (secondary N) is 1. The van der Waals surface area contributed by atoms with Crippen LogP contribution in [0.4, 0.5) is 6.01 Å². The van der Waals surface area contributed by atoms with Crippen LogP contribution in [-0.4, -0.2) is 23.6 Å². The second kappa shape index (κ2) is 8.20. The van der Waals surface area contributed by atoms with Gasteiger partial charge >= 0.3 is 0 Å². The van der Waals surface area contributed by atoms with Crippen molar-refractivity contribution in [1.82, 2.24) is 10.3 Å². The van der Waals surface area contributed by atoms with Crippen molar-refractivity contribution in [2.75, 3.05) is 11.4 Å². The Labute approximate surface area is 117 Å². The molecular weight excluding hydrogens is 238 g/mol. The average molecular weight is 267 g/mol. The number of rotatable bonds is 9. The maximum atomic E-state index is 5.63. The smallest absolute Gasteiger partial charge is 0.297 e. The van der Waals surface area contributed by atoms with E-state index in [9.17, 15) is 0 Å². The van der Waals surface area contributed by atoms with Gasteiger partial charge in [0.1, 0.15) is 6.26 Å². The Kier molecular flexibility index (Phi) is 6.92. The van der Waals surface area contributed by atoms with E-state index in [4.69, 9.17) is 4.42 Å². The van der Waals surface area contributed by atoms with Crippen LogP contribution in [0, 0.1) is 0 Å². The van der Waals surface area contributed by atoms with Crippen LogP contribution in [0.3, 0.4) is 0 Å². The Bertz CT molecular complexity index is 347. The topological polar surface area (TPSA) is 41.3 Å². The van der Waals surface area contributed by atoms with Crippen molar-refractivity contribution in [3.8, 4) is 0 Å². The van der Waals surface area contributed by atoms with Gasteiger partial charge in [0.25, 0.3) is 6.01 Å². The molecule has 0 bridgehead atoms. The zero-order valence-corrected chi connectivity index (χ0v) is 13.1. The minimum Gasteiger partial charge on any atom is -0.432 e. The first kappa shape index (κ1) is 16.0. The van der Waals surface area contributed by atoms with Crippen molar-refractivity contribution in [2.45, 2.75) is 72.5 Å². The molecule has 4 heteroatoms. The van der Waals surface area contributed by atoms with Crippen molar-refractivity contribution in [3.05, 3.63) is 12.0 Å². The van der Waals surface area contributed by atoms with Crippen molar-refractivity contribution in [3.63, 3.8) is 0 Å². The predicted octanol–water partition coefficient (Wildman–Crippen LogP) is 3.58. The van der Waals surface area contributed by atoms with Crippen LogP contribution in [0.1, 0.15) is 59.6 Å². The number of unbranched alkanes of at least 4 members (excludes halogenated alkanes) is 2. The lowest BCUT2D eigenvalue weighted by Gasteiger charge is -2.24. The molecule has 0 atom stereocenters. The summed E-state index contributed by atoms with van der Waals surface area (Å²) >= 11 is 0. The molecule has 0 fully saturated rings. The van der Waals surface area contributed by atoms with Gasteiger partial charge in [0.15, 0.2) is 0 Å². The molecule has 0 unspecified atom stereocenters. The van der Waals surface area contributed by atoms with Crippen molar-refractivity contribution in [2.24, 2.45) is 0 Å². The SMILES string of the molecule is CCCCCN(c1nc(CNC(C)C)co1)C(C)C. The molecule has 0 saturated carbocycles. The molecular formula is C15H29N3O. The molecule has 0 aromatic carbocycles. The van der Waals surface area contributed by atoms with Crippen LogP contribution in [0.5, 0.6) is 0 Å². The zero-order valence-electron chi connectivity index (χ0n) is 13.1. The average Bonchev–Trinajstić information content (AvgIpc) is 2.80. The predicted molar refractivity (Wildman–Crippen MR) is 80.5 cm³/mol. The van der Waals surface area contributed by atoms with E-state index >= 15 is 0 Å². The van der Waals surface area contributed by atoms with E-state index in [0.717, 1.165) is 24.8 Å². The quantitative estimate of drug-likeness (QED) is 0.694. The Morgan fingerprint density at radius 1 is 1.26 bits per heavy atom. The summed E-state index contributed by atoms with van der Waals surface area (Å²) < 4.78 is 5.63. The first-order chi connectivity index (χ1) is 9.04. The summed E-state index contributed by atoms with van der Waals surface area (Å²) in [6, 6.07) is 1.64. The highest BCUT2D eigenvalue weighted by molar-refractivity contribution is 5.28. The molecule has 0 aliphatic rings. The summed E-state index contributed by atoms with van der Waals surface area (Å²) in [5.74, 6) is 0. The summed E-state index contributed by atoms with van der Waals surface area (Å²) in [6.07, 6.45) is 5.45.